The van der Waals surface area contributed by atoms with Crippen LogP contribution in [0, 0.1) is 0 Å². The lowest BCUT2D eigenvalue weighted by atomic mass is 10.1. The van der Waals surface area contributed by atoms with Crippen molar-refractivity contribution >= 4 is 11.8 Å². The van der Waals surface area contributed by atoms with Crippen molar-refractivity contribution in [3.8, 4) is 0 Å². The minimum absolute atomic E-state index is 0.0752. The third-order valence-corrected chi connectivity index (χ3v) is 2.92. The molecule has 0 aliphatic carbocycles. The number of hydrogen-bond donors (Lipinski definition) is 2. The molecule has 0 aromatic rings. The van der Waals surface area contributed by atoms with Crippen LogP contribution in [-0.2, 0) is 9.59 Å². The van der Waals surface area contributed by atoms with E-state index in [2.05, 4.69) is 6.92 Å². The molecule has 0 bridgehead atoms. The molecule has 2 amide bonds. The Bertz CT molecular complexity index is 268. The van der Waals surface area contributed by atoms with E-state index in [4.69, 9.17) is 5.73 Å². The predicted octanol–water partition coefficient (Wildman–Crippen LogP) is 0.0138. The average Bonchev–Trinajstić information content (AvgIpc) is 2.61. The predicted molar refractivity (Wildman–Crippen MR) is 59.5 cm³/mol. The van der Waals surface area contributed by atoms with Crippen molar-refractivity contribution in [3.63, 3.8) is 0 Å². The standard InChI is InChI=1S/C11H20N2O3/c1-2-3-4-5-10(15)13-7-8(14)6-9(13)11(12)16/h8-9,14H,2-7H2,1H3,(H2,12,16). The molecule has 5 nitrogen and oxygen atoms in total. The number of carbonyl (C=O) groups excluding carboxylic acids is 2. The Morgan fingerprint density at radius 1 is 1.44 bits per heavy atom. The van der Waals surface area contributed by atoms with Gasteiger partial charge in [-0.05, 0) is 6.42 Å². The van der Waals surface area contributed by atoms with Crippen molar-refractivity contribution in [1.29, 1.82) is 0 Å². The minimum Gasteiger partial charge on any atom is -0.391 e. The van der Waals surface area contributed by atoms with Crippen LogP contribution in [0.5, 0.6) is 0 Å². The van der Waals surface area contributed by atoms with Gasteiger partial charge in [-0.15, -0.1) is 0 Å². The number of aliphatic hydroxyl groups is 1. The topological polar surface area (TPSA) is 83.6 Å². The number of likely N-dealkylation sites (tertiary alicyclic amines) is 1. The van der Waals surface area contributed by atoms with E-state index in [0.717, 1.165) is 19.3 Å². The van der Waals surface area contributed by atoms with E-state index in [-0.39, 0.29) is 18.9 Å². The summed E-state index contributed by atoms with van der Waals surface area (Å²) in [6.07, 6.45) is 2.97. The maximum absolute atomic E-state index is 11.8. The summed E-state index contributed by atoms with van der Waals surface area (Å²) in [5, 5.41) is 9.44. The van der Waals surface area contributed by atoms with Crippen LogP contribution >= 0.6 is 0 Å². The van der Waals surface area contributed by atoms with Gasteiger partial charge in [0.15, 0.2) is 0 Å². The van der Waals surface area contributed by atoms with Gasteiger partial charge in [-0.25, -0.2) is 0 Å². The monoisotopic (exact) mass is 228 g/mol. The molecule has 1 saturated heterocycles. The van der Waals surface area contributed by atoms with E-state index in [1.165, 1.54) is 4.90 Å². The fourth-order valence-corrected chi connectivity index (χ4v) is 2.03. The molecule has 0 saturated carbocycles. The van der Waals surface area contributed by atoms with Crippen molar-refractivity contribution in [2.75, 3.05) is 6.54 Å². The number of rotatable bonds is 5. The lowest BCUT2D eigenvalue weighted by molar-refractivity contribution is -0.137. The van der Waals surface area contributed by atoms with Gasteiger partial charge >= 0.3 is 0 Å². The molecule has 0 radical (unpaired) electrons. The van der Waals surface area contributed by atoms with Crippen LogP contribution in [0.2, 0.25) is 0 Å². The van der Waals surface area contributed by atoms with E-state index in [1.54, 1.807) is 0 Å². The molecule has 1 fully saturated rings. The first-order chi connectivity index (χ1) is 7.56. The second-order valence-corrected chi connectivity index (χ2v) is 4.31. The summed E-state index contributed by atoms with van der Waals surface area (Å²) in [5.41, 5.74) is 5.20. The highest BCUT2D eigenvalue weighted by atomic mass is 16.3. The fourth-order valence-electron chi connectivity index (χ4n) is 2.03. The first kappa shape index (κ1) is 13.0. The SMILES string of the molecule is CCCCCC(=O)N1CC(O)CC1C(N)=O. The molecule has 0 aromatic carbocycles. The van der Waals surface area contributed by atoms with Gasteiger partial charge < -0.3 is 15.7 Å². The number of nitrogens with zero attached hydrogens (tertiary/aromatic N) is 1. The highest BCUT2D eigenvalue weighted by Gasteiger charge is 2.37. The van der Waals surface area contributed by atoms with Crippen LogP contribution in [-0.4, -0.2) is 40.5 Å². The zero-order valence-electron chi connectivity index (χ0n) is 9.69. The number of amides is 2. The number of unbranched alkanes of at least 4 members (excludes halogenated alkanes) is 2. The molecular formula is C11H20N2O3. The first-order valence-corrected chi connectivity index (χ1v) is 5.83. The van der Waals surface area contributed by atoms with Crippen molar-refractivity contribution in [1.82, 2.24) is 4.90 Å². The molecule has 3 N–H and O–H groups in total. The molecule has 1 aliphatic heterocycles. The maximum atomic E-state index is 11.8. The van der Waals surface area contributed by atoms with Crippen molar-refractivity contribution < 1.29 is 14.7 Å². The zero-order chi connectivity index (χ0) is 12.1. The van der Waals surface area contributed by atoms with Gasteiger partial charge in [0.2, 0.25) is 11.8 Å². The van der Waals surface area contributed by atoms with E-state index >= 15 is 0 Å². The van der Waals surface area contributed by atoms with E-state index < -0.39 is 18.1 Å². The minimum atomic E-state index is -0.621. The number of hydrogen-bond acceptors (Lipinski definition) is 3. The third kappa shape index (κ3) is 3.20. The number of β-amino-alcohol motifs (C(OH)–C–C–N with tert-alkyl or cyclic N) is 1. The second-order valence-electron chi connectivity index (χ2n) is 4.31. The Balaban J connectivity index is 2.50. The molecular weight excluding hydrogens is 208 g/mol. The highest BCUT2D eigenvalue weighted by Crippen LogP contribution is 2.19. The summed E-state index contributed by atoms with van der Waals surface area (Å²) < 4.78 is 0. The number of nitrogens with two attached hydrogens (primary N) is 1. The Morgan fingerprint density at radius 2 is 2.12 bits per heavy atom. The van der Waals surface area contributed by atoms with Crippen molar-refractivity contribution in [2.24, 2.45) is 5.73 Å². The normalized spacial score (nSPS) is 24.8. The molecule has 0 aromatic heterocycles. The molecule has 16 heavy (non-hydrogen) atoms. The van der Waals surface area contributed by atoms with Crippen molar-refractivity contribution in [3.05, 3.63) is 0 Å². The van der Waals surface area contributed by atoms with E-state index in [9.17, 15) is 14.7 Å². The zero-order valence-corrected chi connectivity index (χ0v) is 9.69. The van der Waals surface area contributed by atoms with Gasteiger partial charge in [-0.3, -0.25) is 9.59 Å². The summed E-state index contributed by atoms with van der Waals surface area (Å²) in [4.78, 5) is 24.3. The van der Waals surface area contributed by atoms with E-state index in [0.29, 0.717) is 6.42 Å². The van der Waals surface area contributed by atoms with Gasteiger partial charge in [-0.1, -0.05) is 19.8 Å². The largest absolute Gasteiger partial charge is 0.391 e. The van der Waals surface area contributed by atoms with Crippen LogP contribution in [0.3, 0.4) is 0 Å². The lowest BCUT2D eigenvalue weighted by Crippen LogP contribution is -2.43. The van der Waals surface area contributed by atoms with Crippen molar-refractivity contribution in [2.45, 2.75) is 51.2 Å². The molecule has 92 valence electrons. The smallest absolute Gasteiger partial charge is 0.240 e. The van der Waals surface area contributed by atoms with Gasteiger partial charge in [0.05, 0.1) is 6.10 Å². The fraction of sp³-hybridized carbons (Fsp3) is 0.818. The van der Waals surface area contributed by atoms with Gasteiger partial charge in [0, 0.05) is 19.4 Å². The Kier molecular flexibility index (Phi) is 4.73. The van der Waals surface area contributed by atoms with Crippen LogP contribution < -0.4 is 5.73 Å². The average molecular weight is 228 g/mol. The second kappa shape index (κ2) is 5.84. The molecule has 2 atom stereocenters. The van der Waals surface area contributed by atoms with Crippen LogP contribution in [0.15, 0.2) is 0 Å². The van der Waals surface area contributed by atoms with Crippen LogP contribution in [0.4, 0.5) is 0 Å². The summed E-state index contributed by atoms with van der Waals surface area (Å²) in [6, 6.07) is -0.621. The third-order valence-electron chi connectivity index (χ3n) is 2.92. The Labute approximate surface area is 95.6 Å². The number of aliphatic hydroxyl groups excluding tert-OH is 1. The highest BCUT2D eigenvalue weighted by molar-refractivity contribution is 5.87. The van der Waals surface area contributed by atoms with Crippen LogP contribution in [0.25, 0.3) is 0 Å². The van der Waals surface area contributed by atoms with Crippen LogP contribution in [0.1, 0.15) is 39.0 Å². The summed E-state index contributed by atoms with van der Waals surface area (Å²) in [7, 11) is 0. The quantitative estimate of drug-likeness (QED) is 0.650. The molecule has 0 spiro atoms. The Morgan fingerprint density at radius 3 is 2.69 bits per heavy atom. The number of carbonyl (C=O) groups is 2. The molecule has 1 aliphatic rings. The van der Waals surface area contributed by atoms with Gasteiger partial charge in [-0.2, -0.15) is 0 Å². The lowest BCUT2D eigenvalue weighted by Gasteiger charge is -2.21. The molecule has 5 heteroatoms. The summed E-state index contributed by atoms with van der Waals surface area (Å²) in [6.45, 7) is 2.30. The number of primary amides is 1. The molecule has 1 rings (SSSR count). The molecule has 2 unspecified atom stereocenters. The molecule has 1 heterocycles. The van der Waals surface area contributed by atoms with Gasteiger partial charge in [0.1, 0.15) is 6.04 Å². The first-order valence-electron chi connectivity index (χ1n) is 5.83. The maximum Gasteiger partial charge on any atom is 0.240 e. The summed E-state index contributed by atoms with van der Waals surface area (Å²) in [5.74, 6) is -0.603. The van der Waals surface area contributed by atoms with E-state index in [1.807, 2.05) is 0 Å². The Hall–Kier alpha value is -1.10. The van der Waals surface area contributed by atoms with Gasteiger partial charge in [0.25, 0.3) is 0 Å². The summed E-state index contributed by atoms with van der Waals surface area (Å²) >= 11 is 0.